The van der Waals surface area contributed by atoms with E-state index in [-0.39, 0.29) is 10.8 Å². The van der Waals surface area contributed by atoms with Crippen molar-refractivity contribution in [2.24, 2.45) is 0 Å². The largest absolute Gasteiger partial charge is 0.310 e. The fourth-order valence-electron chi connectivity index (χ4n) is 13.7. The Balaban J connectivity index is 0.984. The second-order valence-corrected chi connectivity index (χ2v) is 22.5. The Hall–Kier alpha value is -9.64. The van der Waals surface area contributed by atoms with Gasteiger partial charge in [-0.25, -0.2) is 9.97 Å². The Morgan fingerprint density at radius 3 is 1.56 bits per heavy atom. The van der Waals surface area contributed by atoms with E-state index in [0.717, 1.165) is 66.6 Å². The summed E-state index contributed by atoms with van der Waals surface area (Å²) in [7, 11) is 0. The van der Waals surface area contributed by atoms with Gasteiger partial charge in [-0.3, -0.25) is 4.57 Å². The van der Waals surface area contributed by atoms with E-state index >= 15 is 0 Å². The minimum Gasteiger partial charge on any atom is -0.310 e. The van der Waals surface area contributed by atoms with Crippen molar-refractivity contribution < 1.29 is 0 Å². The number of aromatic nitrogens is 3. The maximum Gasteiger partial charge on any atom is 0.235 e. The predicted molar refractivity (Wildman–Crippen MR) is 327 cm³/mol. The van der Waals surface area contributed by atoms with Gasteiger partial charge in [-0.15, -0.1) is 0 Å². The summed E-state index contributed by atoms with van der Waals surface area (Å²) in [6, 6.07) is 89.5. The SMILES string of the molecule is CC1(C)c2ccccc2-c2cc(N(c3cccc(-c4ccccc4)c3)c3ccc4c(c3)c3cc5c(cc3n4-c3nc(-c4ccccc4)c4ccccc4n3)C(C)(C)c3cc4c6ccccc6c6ccccc6c4cc3-5)ccc21. The van der Waals surface area contributed by atoms with Crippen LogP contribution in [-0.2, 0) is 10.8 Å². The monoisotopic (exact) mass is 996 g/mol. The molecule has 368 valence electrons. The van der Waals surface area contributed by atoms with Gasteiger partial charge in [-0.1, -0.05) is 198 Å². The van der Waals surface area contributed by atoms with Crippen LogP contribution in [0.2, 0.25) is 0 Å². The van der Waals surface area contributed by atoms with Gasteiger partial charge in [0.25, 0.3) is 0 Å². The van der Waals surface area contributed by atoms with E-state index in [2.05, 4.69) is 280 Å². The van der Waals surface area contributed by atoms with E-state index in [1.807, 2.05) is 0 Å². The average molecular weight is 997 g/mol. The Kier molecular flexibility index (Phi) is 9.40. The number of rotatable bonds is 6. The molecule has 0 atom stereocenters. The number of hydrogen-bond donors (Lipinski definition) is 0. The van der Waals surface area contributed by atoms with E-state index in [1.54, 1.807) is 0 Å². The standard InChI is InChI=1S/C74H52N4/c1-73(2)64-32-17-15-30-55(64)59-39-49(34-36-65(59)73)77(48-25-19-24-47(38-48)45-20-7-5-8-21-45)50-35-37-69-62(40-50)63-42-61-60-41-57-53-28-13-11-26-51(53)52-27-12-14-29-54(52)58(57)43-66(60)74(3,4)67(61)44-70(63)78(69)72-75-68-33-18-16-31-56(68)71(76-72)46-22-9-6-10-23-46/h5-44H,1-4H3. The third-order valence-corrected chi connectivity index (χ3v) is 17.5. The zero-order valence-electron chi connectivity index (χ0n) is 43.9. The predicted octanol–water partition coefficient (Wildman–Crippen LogP) is 19.6. The van der Waals surface area contributed by atoms with Crippen LogP contribution in [0, 0.1) is 0 Å². The quantitative estimate of drug-likeness (QED) is 0.156. The first kappa shape index (κ1) is 44.6. The molecule has 2 heterocycles. The summed E-state index contributed by atoms with van der Waals surface area (Å²) in [4.78, 5) is 13.5. The van der Waals surface area contributed by atoms with Gasteiger partial charge in [0.15, 0.2) is 0 Å². The molecule has 0 fully saturated rings. The number of hydrogen-bond acceptors (Lipinski definition) is 3. The van der Waals surface area contributed by atoms with Gasteiger partial charge in [0.05, 0.1) is 22.2 Å². The van der Waals surface area contributed by atoms with Crippen molar-refractivity contribution in [1.82, 2.24) is 14.5 Å². The molecule has 4 heteroatoms. The van der Waals surface area contributed by atoms with Gasteiger partial charge in [-0.2, -0.15) is 0 Å². The molecule has 12 aromatic carbocycles. The molecule has 14 aromatic rings. The molecule has 0 saturated heterocycles. The van der Waals surface area contributed by atoms with E-state index in [9.17, 15) is 0 Å². The van der Waals surface area contributed by atoms with E-state index in [1.165, 1.54) is 82.4 Å². The first-order valence-corrected chi connectivity index (χ1v) is 27.2. The highest BCUT2D eigenvalue weighted by atomic mass is 15.2. The van der Waals surface area contributed by atoms with Crippen LogP contribution in [0.4, 0.5) is 17.1 Å². The number of fused-ring (bicyclic) bond motifs is 16. The molecule has 0 N–H and O–H groups in total. The molecule has 0 amide bonds. The Morgan fingerprint density at radius 2 is 0.821 bits per heavy atom. The summed E-state index contributed by atoms with van der Waals surface area (Å²) in [5, 5.41) is 11.0. The Morgan fingerprint density at radius 1 is 0.308 bits per heavy atom. The number of para-hydroxylation sites is 1. The molecule has 0 aliphatic heterocycles. The lowest BCUT2D eigenvalue weighted by atomic mass is 9.81. The highest BCUT2D eigenvalue weighted by molar-refractivity contribution is 6.26. The van der Waals surface area contributed by atoms with Gasteiger partial charge in [0.1, 0.15) is 0 Å². The topological polar surface area (TPSA) is 34.0 Å². The Bertz CT molecular complexity index is 4850. The van der Waals surface area contributed by atoms with Crippen LogP contribution in [0.1, 0.15) is 49.9 Å². The van der Waals surface area contributed by atoms with Gasteiger partial charge in [0.2, 0.25) is 5.95 Å². The van der Waals surface area contributed by atoms with E-state index in [4.69, 9.17) is 9.97 Å². The van der Waals surface area contributed by atoms with Crippen LogP contribution in [0.25, 0.3) is 116 Å². The zero-order valence-corrected chi connectivity index (χ0v) is 43.9. The Labute approximate surface area is 453 Å². The molecular formula is C74H52N4. The van der Waals surface area contributed by atoms with Crippen molar-refractivity contribution >= 4 is 82.1 Å². The third-order valence-electron chi connectivity index (χ3n) is 17.5. The van der Waals surface area contributed by atoms with Crippen LogP contribution in [-0.4, -0.2) is 14.5 Å². The maximum absolute atomic E-state index is 5.57. The van der Waals surface area contributed by atoms with Crippen molar-refractivity contribution in [2.45, 2.75) is 38.5 Å². The summed E-state index contributed by atoms with van der Waals surface area (Å²) in [6.07, 6.45) is 0. The van der Waals surface area contributed by atoms with Crippen LogP contribution in [0.3, 0.4) is 0 Å². The maximum atomic E-state index is 5.57. The van der Waals surface area contributed by atoms with Crippen LogP contribution in [0.5, 0.6) is 0 Å². The normalized spacial score (nSPS) is 13.8. The molecule has 2 aliphatic carbocycles. The van der Waals surface area contributed by atoms with Gasteiger partial charge in [0, 0.05) is 49.6 Å². The molecule has 2 aromatic heterocycles. The number of nitrogens with zero attached hydrogens (tertiary/aromatic N) is 4. The molecule has 16 rings (SSSR count). The van der Waals surface area contributed by atoms with Gasteiger partial charge >= 0.3 is 0 Å². The lowest BCUT2D eigenvalue weighted by Crippen LogP contribution is -2.15. The third kappa shape index (κ3) is 6.41. The second kappa shape index (κ2) is 16.4. The van der Waals surface area contributed by atoms with E-state index in [0.29, 0.717) is 5.95 Å². The molecule has 78 heavy (non-hydrogen) atoms. The lowest BCUT2D eigenvalue weighted by molar-refractivity contribution is 0.660. The van der Waals surface area contributed by atoms with Crippen molar-refractivity contribution in [2.75, 3.05) is 4.90 Å². The molecule has 0 unspecified atom stereocenters. The van der Waals surface area contributed by atoms with Crippen molar-refractivity contribution in [3.8, 4) is 50.6 Å². The fourth-order valence-corrected chi connectivity index (χ4v) is 13.7. The van der Waals surface area contributed by atoms with Crippen LogP contribution >= 0.6 is 0 Å². The van der Waals surface area contributed by atoms with E-state index < -0.39 is 0 Å². The minimum atomic E-state index is -0.312. The molecule has 0 spiro atoms. The van der Waals surface area contributed by atoms with Gasteiger partial charge < -0.3 is 4.90 Å². The second-order valence-electron chi connectivity index (χ2n) is 22.5. The smallest absolute Gasteiger partial charge is 0.235 e. The van der Waals surface area contributed by atoms with Crippen LogP contribution in [0.15, 0.2) is 243 Å². The first-order valence-electron chi connectivity index (χ1n) is 27.2. The highest BCUT2D eigenvalue weighted by Crippen LogP contribution is 2.55. The molecule has 0 saturated carbocycles. The minimum absolute atomic E-state index is 0.116. The number of anilines is 3. The molecule has 0 radical (unpaired) electrons. The van der Waals surface area contributed by atoms with Crippen molar-refractivity contribution in [1.29, 1.82) is 0 Å². The zero-order chi connectivity index (χ0) is 52.0. The summed E-state index contributed by atoms with van der Waals surface area (Å²) >= 11 is 0. The average Bonchev–Trinajstić information content (AvgIpc) is 4.22. The van der Waals surface area contributed by atoms with Crippen LogP contribution < -0.4 is 4.90 Å². The molecular weight excluding hydrogens is 945 g/mol. The summed E-state index contributed by atoms with van der Waals surface area (Å²) < 4.78 is 2.33. The fraction of sp³-hybridized carbons (Fsp3) is 0.0811. The molecule has 2 aliphatic rings. The summed E-state index contributed by atoms with van der Waals surface area (Å²) in [5.74, 6) is 0.643. The summed E-state index contributed by atoms with van der Waals surface area (Å²) in [5.41, 5.74) is 20.6. The van der Waals surface area contributed by atoms with Crippen molar-refractivity contribution in [3.05, 3.63) is 265 Å². The number of benzene rings is 12. The molecule has 4 nitrogen and oxygen atoms in total. The highest BCUT2D eigenvalue weighted by Gasteiger charge is 2.38. The lowest BCUT2D eigenvalue weighted by Gasteiger charge is -2.28. The van der Waals surface area contributed by atoms with Gasteiger partial charge in [-0.05, 0) is 161 Å². The first-order chi connectivity index (χ1) is 38.2. The summed E-state index contributed by atoms with van der Waals surface area (Å²) in [6.45, 7) is 9.52. The molecule has 0 bridgehead atoms. The van der Waals surface area contributed by atoms with Crippen molar-refractivity contribution in [3.63, 3.8) is 0 Å².